The van der Waals surface area contributed by atoms with Crippen LogP contribution in [0.5, 0.6) is 5.75 Å². The Morgan fingerprint density at radius 3 is 2.46 bits per heavy atom. The van der Waals surface area contributed by atoms with Crippen LogP contribution in [0.3, 0.4) is 0 Å². The van der Waals surface area contributed by atoms with E-state index in [2.05, 4.69) is 19.6 Å². The predicted octanol–water partition coefficient (Wildman–Crippen LogP) is 7.24. The molecule has 15 heteroatoms. The van der Waals surface area contributed by atoms with E-state index in [-0.39, 0.29) is 34.4 Å². The van der Waals surface area contributed by atoms with Gasteiger partial charge in [-0.05, 0) is 42.2 Å². The molecule has 6 nitrogen and oxygen atoms in total. The summed E-state index contributed by atoms with van der Waals surface area (Å²) in [6, 6.07) is 4.79. The highest BCUT2D eigenvalue weighted by Crippen LogP contribution is 3.02. The minimum Gasteiger partial charge on any atom is -0.496 e. The second-order valence-corrected chi connectivity index (χ2v) is 11.2. The van der Waals surface area contributed by atoms with Crippen molar-refractivity contribution >= 4 is 32.6 Å². The molecule has 0 aliphatic rings. The van der Waals surface area contributed by atoms with Gasteiger partial charge in [-0.1, -0.05) is 30.1 Å². The predicted molar refractivity (Wildman–Crippen MR) is 120 cm³/mol. The molecule has 1 atom stereocenters. The SMILES string of the molecule is COc1cc(F)ccc1-c1nc(Nc2cc(CS(C)=NC#N)cc(S(F)(F)(F)(F)F)c2)ncc1F. The fourth-order valence-electron chi connectivity index (χ4n) is 2.99. The van der Waals surface area contributed by atoms with Crippen LogP contribution in [0.4, 0.5) is 39.8 Å². The molecule has 3 rings (SSSR count). The number of hydrogen-bond donors (Lipinski definition) is 1. The van der Waals surface area contributed by atoms with Crippen LogP contribution in [0, 0.1) is 23.1 Å². The van der Waals surface area contributed by atoms with Crippen LogP contribution in [0.25, 0.3) is 11.3 Å². The van der Waals surface area contributed by atoms with Crippen LogP contribution in [0.2, 0.25) is 0 Å². The number of aromatic nitrogens is 2. The first-order chi connectivity index (χ1) is 16.1. The molecule has 0 aliphatic carbocycles. The van der Waals surface area contributed by atoms with Crippen molar-refractivity contribution in [2.45, 2.75) is 10.6 Å². The van der Waals surface area contributed by atoms with E-state index in [4.69, 9.17) is 10.00 Å². The average Bonchev–Trinajstić information content (AvgIpc) is 2.73. The van der Waals surface area contributed by atoms with Gasteiger partial charge in [0.25, 0.3) is 0 Å². The molecule has 188 valence electrons. The molecule has 0 saturated heterocycles. The molecule has 0 radical (unpaired) electrons. The molecule has 1 aromatic heterocycles. The smallest absolute Gasteiger partial charge is 0.310 e. The summed E-state index contributed by atoms with van der Waals surface area (Å²) in [5.41, 5.74) is -0.980. The van der Waals surface area contributed by atoms with Crippen LogP contribution in [-0.4, -0.2) is 23.3 Å². The highest BCUT2D eigenvalue weighted by molar-refractivity contribution is 8.45. The molecule has 0 spiro atoms. The lowest BCUT2D eigenvalue weighted by Gasteiger charge is -2.41. The number of rotatable bonds is 7. The monoisotopic (exact) mass is 539 g/mol. The van der Waals surface area contributed by atoms with Gasteiger partial charge < -0.3 is 10.1 Å². The third kappa shape index (κ3) is 6.61. The summed E-state index contributed by atoms with van der Waals surface area (Å²) in [6.07, 6.45) is 3.67. The number of nitrogens with one attached hydrogen (secondary N) is 1. The summed E-state index contributed by atoms with van der Waals surface area (Å²) in [4.78, 5) is 5.39. The Labute approximate surface area is 197 Å². The number of methoxy groups -OCH3 is 1. The van der Waals surface area contributed by atoms with Crippen LogP contribution < -0.4 is 10.1 Å². The summed E-state index contributed by atoms with van der Waals surface area (Å²) in [5.74, 6) is -2.33. The van der Waals surface area contributed by atoms with Gasteiger partial charge in [0, 0.05) is 23.1 Å². The zero-order valence-corrected chi connectivity index (χ0v) is 19.5. The molecule has 0 aliphatic heterocycles. The van der Waals surface area contributed by atoms with Gasteiger partial charge in [-0.2, -0.15) is 9.62 Å². The second-order valence-electron chi connectivity index (χ2n) is 7.13. The Kier molecular flexibility index (Phi) is 6.51. The topological polar surface area (TPSA) is 83.2 Å². The van der Waals surface area contributed by atoms with Crippen molar-refractivity contribution in [1.82, 2.24) is 9.97 Å². The highest BCUT2D eigenvalue weighted by Gasteiger charge is 2.65. The van der Waals surface area contributed by atoms with Gasteiger partial charge in [0.15, 0.2) is 5.82 Å². The maximum absolute atomic E-state index is 14.4. The summed E-state index contributed by atoms with van der Waals surface area (Å²) in [7, 11) is -9.93. The fourth-order valence-corrected chi connectivity index (χ4v) is 4.56. The maximum atomic E-state index is 14.4. The van der Waals surface area contributed by atoms with E-state index in [1.165, 1.54) is 25.6 Å². The molecule has 35 heavy (non-hydrogen) atoms. The van der Waals surface area contributed by atoms with Gasteiger partial charge in [0.2, 0.25) is 12.1 Å². The lowest BCUT2D eigenvalue weighted by molar-refractivity contribution is 0.364. The number of anilines is 2. The molecule has 1 N–H and O–H groups in total. The van der Waals surface area contributed by atoms with Crippen molar-refractivity contribution < 1.29 is 32.9 Å². The normalized spacial score (nSPS) is 14.5. The maximum Gasteiger partial charge on any atom is 0.310 e. The molecule has 3 aromatic rings. The van der Waals surface area contributed by atoms with Gasteiger partial charge in [0.05, 0.1) is 13.3 Å². The zero-order chi connectivity index (χ0) is 26.1. The van der Waals surface area contributed by atoms with E-state index >= 15 is 0 Å². The van der Waals surface area contributed by atoms with Crippen LogP contribution in [-0.2, 0) is 16.4 Å². The third-order valence-electron chi connectivity index (χ3n) is 4.40. The lowest BCUT2D eigenvalue weighted by atomic mass is 10.1. The summed E-state index contributed by atoms with van der Waals surface area (Å²) >= 11 is 0. The minimum atomic E-state index is -10.1. The van der Waals surface area contributed by atoms with Crippen molar-refractivity contribution in [2.75, 3.05) is 18.7 Å². The van der Waals surface area contributed by atoms with Crippen LogP contribution >= 0.6 is 10.2 Å². The standard InChI is InChI=1S/C20H16F7N5OS2/c1-33-18-7-13(21)3-4-16(18)19-17(22)9-29-20(32-19)31-14-5-12(10-34(2)30-11-28)6-15(8-14)35(23,24,25,26)27/h3-9H,10H2,1-2H3,(H,29,31,32). The summed E-state index contributed by atoms with van der Waals surface area (Å²) < 4.78 is 104. The number of benzene rings is 2. The van der Waals surface area contributed by atoms with E-state index in [1.807, 2.05) is 0 Å². The van der Waals surface area contributed by atoms with E-state index in [0.717, 1.165) is 18.2 Å². The van der Waals surface area contributed by atoms with E-state index in [0.29, 0.717) is 12.3 Å². The molecule has 0 amide bonds. The van der Waals surface area contributed by atoms with Gasteiger partial charge in [-0.3, -0.25) is 0 Å². The van der Waals surface area contributed by atoms with E-state index in [1.54, 1.807) is 0 Å². The van der Waals surface area contributed by atoms with Crippen molar-refractivity contribution in [2.24, 2.45) is 4.36 Å². The molecule has 0 fully saturated rings. The largest absolute Gasteiger partial charge is 0.496 e. The fraction of sp³-hybridized carbons (Fsp3) is 0.150. The number of hydrogen-bond acceptors (Lipinski definition) is 6. The number of halogens is 7. The lowest BCUT2D eigenvalue weighted by Crippen LogP contribution is -2.09. The van der Waals surface area contributed by atoms with Crippen molar-refractivity contribution in [1.29, 1.82) is 5.26 Å². The Bertz CT molecular complexity index is 1380. The first kappa shape index (κ1) is 26.2. The Balaban J connectivity index is 2.10. The minimum absolute atomic E-state index is 0.0199. The van der Waals surface area contributed by atoms with Gasteiger partial charge in [-0.25, -0.2) is 18.7 Å². The molecule has 1 unspecified atom stereocenters. The second kappa shape index (κ2) is 8.68. The molecule has 1 heterocycles. The molecule has 0 saturated carbocycles. The first-order valence-corrected chi connectivity index (χ1v) is 13.0. The number of nitriles is 1. The third-order valence-corrected chi connectivity index (χ3v) is 6.67. The number of ether oxygens (including phenoxy) is 1. The average molecular weight is 540 g/mol. The number of nitrogens with zero attached hydrogens (tertiary/aromatic N) is 4. The van der Waals surface area contributed by atoms with Crippen molar-refractivity contribution in [3.05, 3.63) is 59.8 Å². The summed E-state index contributed by atoms with van der Waals surface area (Å²) in [5, 5.41) is 11.0. The molecule has 2 aromatic carbocycles. The molecular weight excluding hydrogens is 523 g/mol. The van der Waals surface area contributed by atoms with Crippen molar-refractivity contribution in [3.63, 3.8) is 0 Å². The molecule has 0 bridgehead atoms. The zero-order valence-electron chi connectivity index (χ0n) is 17.9. The van der Waals surface area contributed by atoms with Gasteiger partial charge in [0.1, 0.15) is 22.2 Å². The van der Waals surface area contributed by atoms with Crippen LogP contribution in [0.1, 0.15) is 5.56 Å². The van der Waals surface area contributed by atoms with E-state index < -0.39 is 49.1 Å². The van der Waals surface area contributed by atoms with Gasteiger partial charge >= 0.3 is 10.2 Å². The van der Waals surface area contributed by atoms with Gasteiger partial charge in [-0.15, -0.1) is 0 Å². The van der Waals surface area contributed by atoms with Crippen LogP contribution in [0.15, 0.2) is 51.9 Å². The summed E-state index contributed by atoms with van der Waals surface area (Å²) in [6.45, 7) is 0. The Hall–Kier alpha value is -3.38. The van der Waals surface area contributed by atoms with Crippen molar-refractivity contribution in [3.8, 4) is 23.2 Å². The Morgan fingerprint density at radius 2 is 1.83 bits per heavy atom. The molecular formula is C20H16F7N5OS2. The van der Waals surface area contributed by atoms with E-state index in [9.17, 15) is 28.2 Å². The highest BCUT2D eigenvalue weighted by atomic mass is 32.5. The quantitative estimate of drug-likeness (QED) is 0.253. The Morgan fingerprint density at radius 1 is 1.11 bits per heavy atom. The first-order valence-electron chi connectivity index (χ1n) is 9.33.